The minimum atomic E-state index is 0.483. The lowest BCUT2D eigenvalue weighted by molar-refractivity contribution is 0.414. The summed E-state index contributed by atoms with van der Waals surface area (Å²) in [7, 11) is 1.72. The summed E-state index contributed by atoms with van der Waals surface area (Å²) in [4.78, 5) is 0. The minimum Gasteiger partial charge on any atom is -0.497 e. The van der Waals surface area contributed by atoms with E-state index < -0.39 is 0 Å². The highest BCUT2D eigenvalue weighted by Crippen LogP contribution is 2.46. The molecule has 2 heteroatoms. The Labute approximate surface area is 106 Å². The summed E-state index contributed by atoms with van der Waals surface area (Å²) in [5.41, 5.74) is 4.23. The van der Waals surface area contributed by atoms with E-state index in [2.05, 4.69) is 48.5 Å². The monoisotopic (exact) mass is 242 g/mol. The van der Waals surface area contributed by atoms with Crippen LogP contribution >= 0.6 is 11.8 Å². The number of methoxy groups -OCH3 is 1. The van der Waals surface area contributed by atoms with Gasteiger partial charge in [0.25, 0.3) is 0 Å². The number of thioether (sulfide) groups is 1. The number of hydrogen-bond acceptors (Lipinski definition) is 2. The summed E-state index contributed by atoms with van der Waals surface area (Å²) in [5, 5.41) is 0.483. The maximum atomic E-state index is 5.27. The van der Waals surface area contributed by atoms with Crippen molar-refractivity contribution in [2.45, 2.75) is 11.0 Å². The van der Waals surface area contributed by atoms with Gasteiger partial charge in [0.05, 0.1) is 12.4 Å². The van der Waals surface area contributed by atoms with Gasteiger partial charge in [-0.1, -0.05) is 36.4 Å². The lowest BCUT2D eigenvalue weighted by Gasteiger charge is -2.11. The summed E-state index contributed by atoms with van der Waals surface area (Å²) >= 11 is 1.99. The average molecular weight is 242 g/mol. The molecule has 1 nitrogen and oxygen atoms in total. The first-order valence-corrected chi connectivity index (χ1v) is 6.77. The molecular weight excluding hydrogens is 228 g/mol. The van der Waals surface area contributed by atoms with E-state index in [-0.39, 0.29) is 0 Å². The second-order valence-corrected chi connectivity index (χ2v) is 5.26. The molecule has 0 amide bonds. The van der Waals surface area contributed by atoms with Crippen molar-refractivity contribution in [3.05, 3.63) is 65.2 Å². The van der Waals surface area contributed by atoms with Crippen molar-refractivity contribution in [2.24, 2.45) is 0 Å². The van der Waals surface area contributed by atoms with Crippen molar-refractivity contribution in [3.63, 3.8) is 0 Å². The molecule has 0 saturated heterocycles. The SMILES string of the molecule is COc1ccc2c(c1)CSC2c1ccccc1. The van der Waals surface area contributed by atoms with E-state index in [1.54, 1.807) is 7.11 Å². The predicted molar refractivity (Wildman–Crippen MR) is 72.6 cm³/mol. The molecule has 1 atom stereocenters. The van der Waals surface area contributed by atoms with E-state index in [0.29, 0.717) is 5.25 Å². The predicted octanol–water partition coefficient (Wildman–Crippen LogP) is 4.03. The van der Waals surface area contributed by atoms with Crippen molar-refractivity contribution in [3.8, 4) is 5.75 Å². The van der Waals surface area contributed by atoms with Crippen LogP contribution in [0.3, 0.4) is 0 Å². The highest BCUT2D eigenvalue weighted by atomic mass is 32.2. The van der Waals surface area contributed by atoms with Gasteiger partial charge in [-0.05, 0) is 28.8 Å². The Morgan fingerprint density at radius 3 is 2.71 bits per heavy atom. The van der Waals surface area contributed by atoms with Gasteiger partial charge in [-0.2, -0.15) is 0 Å². The molecule has 2 aromatic carbocycles. The summed E-state index contributed by atoms with van der Waals surface area (Å²) in [6.45, 7) is 0. The Balaban J connectivity index is 1.99. The lowest BCUT2D eigenvalue weighted by atomic mass is 10.0. The molecule has 0 bridgehead atoms. The van der Waals surface area contributed by atoms with Gasteiger partial charge in [0.15, 0.2) is 0 Å². The molecular formula is C15H14OS. The number of benzene rings is 2. The first kappa shape index (κ1) is 10.7. The van der Waals surface area contributed by atoms with E-state index in [4.69, 9.17) is 4.74 Å². The fourth-order valence-corrected chi connectivity index (χ4v) is 3.61. The zero-order valence-electron chi connectivity index (χ0n) is 9.72. The third-order valence-electron chi connectivity index (χ3n) is 3.14. The van der Waals surface area contributed by atoms with Gasteiger partial charge in [-0.25, -0.2) is 0 Å². The molecule has 3 rings (SSSR count). The number of rotatable bonds is 2. The van der Waals surface area contributed by atoms with Crippen LogP contribution in [0.1, 0.15) is 21.9 Å². The van der Waals surface area contributed by atoms with Crippen molar-refractivity contribution in [1.82, 2.24) is 0 Å². The molecule has 0 radical (unpaired) electrons. The molecule has 0 aliphatic carbocycles. The Hall–Kier alpha value is -1.41. The van der Waals surface area contributed by atoms with Crippen molar-refractivity contribution >= 4 is 11.8 Å². The summed E-state index contributed by atoms with van der Waals surface area (Å²) in [5.74, 6) is 2.03. The average Bonchev–Trinajstić information content (AvgIpc) is 2.82. The maximum Gasteiger partial charge on any atom is 0.119 e. The fraction of sp³-hybridized carbons (Fsp3) is 0.200. The van der Waals surface area contributed by atoms with Crippen LogP contribution in [0, 0.1) is 0 Å². The number of ether oxygens (including phenoxy) is 1. The van der Waals surface area contributed by atoms with Gasteiger partial charge in [-0.15, -0.1) is 11.8 Å². The summed E-state index contributed by atoms with van der Waals surface area (Å²) in [6, 6.07) is 17.1. The van der Waals surface area contributed by atoms with E-state index in [0.717, 1.165) is 11.5 Å². The van der Waals surface area contributed by atoms with Crippen LogP contribution in [-0.4, -0.2) is 7.11 Å². The van der Waals surface area contributed by atoms with Gasteiger partial charge in [0, 0.05) is 5.75 Å². The Morgan fingerprint density at radius 2 is 1.94 bits per heavy atom. The molecule has 0 fully saturated rings. The van der Waals surface area contributed by atoms with Crippen LogP contribution in [0.2, 0.25) is 0 Å². The van der Waals surface area contributed by atoms with Crippen molar-refractivity contribution < 1.29 is 4.74 Å². The van der Waals surface area contributed by atoms with Crippen molar-refractivity contribution in [1.29, 1.82) is 0 Å². The second-order valence-electron chi connectivity index (χ2n) is 4.17. The number of fused-ring (bicyclic) bond motifs is 1. The van der Waals surface area contributed by atoms with E-state index in [9.17, 15) is 0 Å². The maximum absolute atomic E-state index is 5.27. The quantitative estimate of drug-likeness (QED) is 0.786. The lowest BCUT2D eigenvalue weighted by Crippen LogP contribution is -1.93. The summed E-state index contributed by atoms with van der Waals surface area (Å²) in [6.07, 6.45) is 0. The van der Waals surface area contributed by atoms with Gasteiger partial charge < -0.3 is 4.74 Å². The van der Waals surface area contributed by atoms with Crippen molar-refractivity contribution in [2.75, 3.05) is 7.11 Å². The van der Waals surface area contributed by atoms with Gasteiger partial charge >= 0.3 is 0 Å². The Kier molecular flexibility index (Phi) is 2.81. The Morgan fingerprint density at radius 1 is 1.12 bits per heavy atom. The second kappa shape index (κ2) is 4.46. The standard InChI is InChI=1S/C15H14OS/c1-16-13-7-8-14-12(9-13)10-17-15(14)11-5-3-2-4-6-11/h2-9,15H,10H2,1H3. The first-order chi connectivity index (χ1) is 8.38. The third kappa shape index (κ3) is 1.93. The fourth-order valence-electron chi connectivity index (χ4n) is 2.26. The molecule has 0 N–H and O–H groups in total. The highest BCUT2D eigenvalue weighted by Gasteiger charge is 2.24. The zero-order chi connectivity index (χ0) is 11.7. The molecule has 0 spiro atoms. The van der Waals surface area contributed by atoms with Gasteiger partial charge in [0.2, 0.25) is 0 Å². The van der Waals surface area contributed by atoms with E-state index in [1.807, 2.05) is 11.8 Å². The zero-order valence-corrected chi connectivity index (χ0v) is 10.5. The molecule has 2 aromatic rings. The van der Waals surface area contributed by atoms with Gasteiger partial charge in [-0.3, -0.25) is 0 Å². The van der Waals surface area contributed by atoms with Crippen LogP contribution in [0.5, 0.6) is 5.75 Å². The Bertz CT molecular complexity index is 522. The molecule has 17 heavy (non-hydrogen) atoms. The molecule has 1 unspecified atom stereocenters. The molecule has 1 heterocycles. The highest BCUT2D eigenvalue weighted by molar-refractivity contribution is 7.99. The first-order valence-electron chi connectivity index (χ1n) is 5.72. The minimum absolute atomic E-state index is 0.483. The summed E-state index contributed by atoms with van der Waals surface area (Å²) < 4.78 is 5.27. The van der Waals surface area contributed by atoms with E-state index >= 15 is 0 Å². The van der Waals surface area contributed by atoms with Crippen LogP contribution in [0.25, 0.3) is 0 Å². The topological polar surface area (TPSA) is 9.23 Å². The molecule has 1 aliphatic heterocycles. The largest absolute Gasteiger partial charge is 0.497 e. The van der Waals surface area contributed by atoms with Crippen LogP contribution in [0.15, 0.2) is 48.5 Å². The van der Waals surface area contributed by atoms with Crippen LogP contribution < -0.4 is 4.74 Å². The smallest absolute Gasteiger partial charge is 0.119 e. The van der Waals surface area contributed by atoms with E-state index in [1.165, 1.54) is 16.7 Å². The van der Waals surface area contributed by atoms with Crippen LogP contribution in [0.4, 0.5) is 0 Å². The normalized spacial score (nSPS) is 17.8. The van der Waals surface area contributed by atoms with Crippen LogP contribution in [-0.2, 0) is 5.75 Å². The third-order valence-corrected chi connectivity index (χ3v) is 4.48. The van der Waals surface area contributed by atoms with Gasteiger partial charge in [0.1, 0.15) is 5.75 Å². The molecule has 0 saturated carbocycles. The number of hydrogen-bond donors (Lipinski definition) is 0. The molecule has 0 aromatic heterocycles. The molecule has 86 valence electrons. The molecule has 1 aliphatic rings.